The summed E-state index contributed by atoms with van der Waals surface area (Å²) in [5, 5.41) is 0. The third-order valence-electron chi connectivity index (χ3n) is 5.96. The number of pyridine rings is 2. The third kappa shape index (κ3) is 6.17. The second-order valence-corrected chi connectivity index (χ2v) is 9.58. The van der Waals surface area contributed by atoms with E-state index in [1.165, 1.54) is 4.90 Å². The number of piperidine rings is 1. The van der Waals surface area contributed by atoms with Crippen molar-refractivity contribution in [3.8, 4) is 0 Å². The average molecular weight is 468 g/mol. The number of hydrogen-bond donors (Lipinski definition) is 0. The maximum Gasteiger partial charge on any atom is 0.410 e. The van der Waals surface area contributed by atoms with Gasteiger partial charge in [0.15, 0.2) is 0 Å². The number of carbonyl (C=O) groups is 3. The fourth-order valence-electron chi connectivity index (χ4n) is 4.15. The number of rotatable bonds is 7. The lowest BCUT2D eigenvalue weighted by atomic mass is 9.84. The quantitative estimate of drug-likeness (QED) is 0.578. The van der Waals surface area contributed by atoms with Crippen LogP contribution in [0.3, 0.4) is 0 Å². The van der Waals surface area contributed by atoms with Crippen LogP contribution in [-0.2, 0) is 27.4 Å². The van der Waals surface area contributed by atoms with Gasteiger partial charge in [0.1, 0.15) is 11.1 Å². The maximum absolute atomic E-state index is 13.9. The molecule has 0 aromatic carbocycles. The fraction of sp³-hybridized carbons (Fsp3) is 0.480. The van der Waals surface area contributed by atoms with Crippen LogP contribution >= 0.6 is 0 Å². The highest BCUT2D eigenvalue weighted by Gasteiger charge is 2.48. The summed E-state index contributed by atoms with van der Waals surface area (Å²) in [5.74, 6) is -0.302. The molecule has 0 atom stereocenters. The molecule has 3 rings (SSSR count). The molecule has 34 heavy (non-hydrogen) atoms. The van der Waals surface area contributed by atoms with Gasteiger partial charge < -0.3 is 9.64 Å². The van der Waals surface area contributed by atoms with Crippen molar-refractivity contribution in [2.75, 3.05) is 20.1 Å². The highest BCUT2D eigenvalue weighted by atomic mass is 16.6. The Labute approximate surface area is 200 Å². The van der Waals surface area contributed by atoms with Crippen molar-refractivity contribution >= 4 is 18.4 Å². The summed E-state index contributed by atoms with van der Waals surface area (Å²) in [5.41, 5.74) is 0.00730. The summed E-state index contributed by atoms with van der Waals surface area (Å²) in [6.45, 7) is 6.71. The number of nitrogens with zero attached hydrogens (tertiary/aromatic N) is 5. The van der Waals surface area contributed by atoms with Crippen LogP contribution < -0.4 is 0 Å². The summed E-state index contributed by atoms with van der Waals surface area (Å²) in [4.78, 5) is 51.7. The Balaban J connectivity index is 1.84. The number of aromatic nitrogens is 2. The number of amides is 3. The molecule has 0 aliphatic carbocycles. The van der Waals surface area contributed by atoms with Crippen molar-refractivity contribution in [1.82, 2.24) is 24.7 Å². The SMILES string of the molecule is CN(Cc1cccnc1)C1(C(=O)N(C=O)Cc2ccccn2)CCN(C(=O)OC(C)(C)C)CC1. The number of carbonyl (C=O) groups excluding carboxylic acids is 3. The van der Waals surface area contributed by atoms with Gasteiger partial charge in [-0.2, -0.15) is 0 Å². The van der Waals surface area contributed by atoms with Crippen LogP contribution in [0.1, 0.15) is 44.9 Å². The first-order chi connectivity index (χ1) is 16.1. The van der Waals surface area contributed by atoms with Crippen LogP contribution in [0.2, 0.25) is 0 Å². The molecule has 0 radical (unpaired) electrons. The van der Waals surface area contributed by atoms with Gasteiger partial charge in [0, 0.05) is 38.2 Å². The van der Waals surface area contributed by atoms with Crippen molar-refractivity contribution < 1.29 is 19.1 Å². The Hall–Kier alpha value is -3.33. The van der Waals surface area contributed by atoms with Crippen LogP contribution in [-0.4, -0.2) is 74.4 Å². The molecule has 1 aliphatic rings. The molecule has 1 aliphatic heterocycles. The highest BCUT2D eigenvalue weighted by Crippen LogP contribution is 2.32. The average Bonchev–Trinajstić information content (AvgIpc) is 2.82. The van der Waals surface area contributed by atoms with E-state index in [2.05, 4.69) is 9.97 Å². The summed E-state index contributed by atoms with van der Waals surface area (Å²) in [7, 11) is 1.87. The predicted molar refractivity (Wildman–Crippen MR) is 126 cm³/mol. The second kappa shape index (κ2) is 10.7. The summed E-state index contributed by atoms with van der Waals surface area (Å²) < 4.78 is 5.51. The maximum atomic E-state index is 13.9. The third-order valence-corrected chi connectivity index (χ3v) is 5.96. The van der Waals surface area contributed by atoms with E-state index >= 15 is 0 Å². The highest BCUT2D eigenvalue weighted by molar-refractivity contribution is 5.93. The van der Waals surface area contributed by atoms with Gasteiger partial charge >= 0.3 is 6.09 Å². The van der Waals surface area contributed by atoms with Crippen molar-refractivity contribution in [3.63, 3.8) is 0 Å². The van der Waals surface area contributed by atoms with E-state index in [1.807, 2.05) is 50.9 Å². The molecular formula is C25H33N5O4. The molecule has 1 fully saturated rings. The zero-order valence-corrected chi connectivity index (χ0v) is 20.3. The molecule has 2 aromatic rings. The minimum Gasteiger partial charge on any atom is -0.444 e. The Morgan fingerprint density at radius 2 is 1.85 bits per heavy atom. The molecular weight excluding hydrogens is 434 g/mol. The van der Waals surface area contributed by atoms with Gasteiger partial charge in [0.2, 0.25) is 12.3 Å². The smallest absolute Gasteiger partial charge is 0.410 e. The van der Waals surface area contributed by atoms with E-state index in [1.54, 1.807) is 35.6 Å². The van der Waals surface area contributed by atoms with Crippen LogP contribution in [0.4, 0.5) is 4.79 Å². The van der Waals surface area contributed by atoms with E-state index in [0.29, 0.717) is 44.6 Å². The minimum absolute atomic E-state index is 0.0848. The van der Waals surface area contributed by atoms with E-state index < -0.39 is 17.2 Å². The monoisotopic (exact) mass is 467 g/mol. The van der Waals surface area contributed by atoms with Crippen LogP contribution in [0.5, 0.6) is 0 Å². The molecule has 3 heterocycles. The molecule has 3 amide bonds. The van der Waals surface area contributed by atoms with Crippen molar-refractivity contribution in [2.45, 2.75) is 57.8 Å². The molecule has 0 unspecified atom stereocenters. The Morgan fingerprint density at radius 1 is 1.12 bits per heavy atom. The Bertz CT molecular complexity index is 970. The lowest BCUT2D eigenvalue weighted by Gasteiger charge is -2.47. The van der Waals surface area contributed by atoms with E-state index in [0.717, 1.165) is 5.56 Å². The summed E-state index contributed by atoms with van der Waals surface area (Å²) in [6.07, 6.45) is 6.00. The first-order valence-corrected chi connectivity index (χ1v) is 11.4. The molecule has 9 nitrogen and oxygen atoms in total. The van der Waals surface area contributed by atoms with Gasteiger partial charge in [-0.05, 0) is 64.4 Å². The van der Waals surface area contributed by atoms with Gasteiger partial charge in [0.05, 0.1) is 12.2 Å². The summed E-state index contributed by atoms with van der Waals surface area (Å²) >= 11 is 0. The Kier molecular flexibility index (Phi) is 7.98. The van der Waals surface area contributed by atoms with E-state index in [-0.39, 0.29) is 12.5 Å². The summed E-state index contributed by atoms with van der Waals surface area (Å²) in [6, 6.07) is 9.18. The molecule has 2 aromatic heterocycles. The lowest BCUT2D eigenvalue weighted by Crippen LogP contribution is -2.63. The van der Waals surface area contributed by atoms with E-state index in [9.17, 15) is 14.4 Å². The number of imide groups is 1. The second-order valence-electron chi connectivity index (χ2n) is 9.58. The van der Waals surface area contributed by atoms with Gasteiger partial charge in [-0.15, -0.1) is 0 Å². The lowest BCUT2D eigenvalue weighted by molar-refractivity contribution is -0.152. The van der Waals surface area contributed by atoms with Crippen LogP contribution in [0.25, 0.3) is 0 Å². The largest absolute Gasteiger partial charge is 0.444 e. The molecule has 1 saturated heterocycles. The minimum atomic E-state index is -0.968. The topological polar surface area (TPSA) is 95.9 Å². The zero-order chi connectivity index (χ0) is 24.8. The molecule has 9 heteroatoms. The fourth-order valence-corrected chi connectivity index (χ4v) is 4.15. The molecule has 0 spiro atoms. The van der Waals surface area contributed by atoms with Gasteiger partial charge in [0.25, 0.3) is 0 Å². The molecule has 0 saturated carbocycles. The molecule has 182 valence electrons. The van der Waals surface area contributed by atoms with Crippen LogP contribution in [0.15, 0.2) is 48.9 Å². The Morgan fingerprint density at radius 3 is 2.41 bits per heavy atom. The van der Waals surface area contributed by atoms with Gasteiger partial charge in [-0.1, -0.05) is 12.1 Å². The number of ether oxygens (including phenoxy) is 1. The van der Waals surface area contributed by atoms with Crippen molar-refractivity contribution in [2.24, 2.45) is 0 Å². The normalized spacial score (nSPS) is 15.6. The van der Waals surface area contributed by atoms with Gasteiger partial charge in [-0.3, -0.25) is 29.4 Å². The standard InChI is InChI=1S/C25H33N5O4/c1-24(2,3)34-23(33)29-14-10-25(11-15-29,28(4)17-20-8-7-12-26-16-20)22(32)30(19-31)18-21-9-5-6-13-27-21/h5-9,12-13,16,19H,10-11,14-15,17-18H2,1-4H3. The first-order valence-electron chi connectivity index (χ1n) is 11.4. The van der Waals surface area contributed by atoms with Gasteiger partial charge in [-0.25, -0.2) is 4.79 Å². The molecule has 0 bridgehead atoms. The number of likely N-dealkylation sites (tertiary alicyclic amines) is 1. The van der Waals surface area contributed by atoms with E-state index in [4.69, 9.17) is 4.74 Å². The zero-order valence-electron chi connectivity index (χ0n) is 20.3. The number of hydrogen-bond acceptors (Lipinski definition) is 7. The number of likely N-dealkylation sites (N-methyl/N-ethyl adjacent to an activating group) is 1. The van der Waals surface area contributed by atoms with Crippen LogP contribution in [0, 0.1) is 0 Å². The predicted octanol–water partition coefficient (Wildman–Crippen LogP) is 2.86. The first kappa shape index (κ1) is 25.3. The van der Waals surface area contributed by atoms with Crippen molar-refractivity contribution in [1.29, 1.82) is 0 Å². The molecule has 0 N–H and O–H groups in total. The van der Waals surface area contributed by atoms with Crippen molar-refractivity contribution in [3.05, 3.63) is 60.2 Å².